The van der Waals surface area contributed by atoms with Gasteiger partial charge in [-0.1, -0.05) is 41.3 Å². The summed E-state index contributed by atoms with van der Waals surface area (Å²) >= 11 is 2.88. The first-order valence-electron chi connectivity index (χ1n) is 7.86. The Bertz CT molecular complexity index is 659. The van der Waals surface area contributed by atoms with E-state index in [1.165, 1.54) is 23.1 Å². The van der Waals surface area contributed by atoms with Crippen LogP contribution in [-0.2, 0) is 9.53 Å². The third-order valence-electron chi connectivity index (χ3n) is 3.75. The van der Waals surface area contributed by atoms with E-state index < -0.39 is 0 Å². The fraction of sp³-hybridized carbons (Fsp3) is 0.438. The fourth-order valence-electron chi connectivity index (χ4n) is 2.36. The van der Waals surface area contributed by atoms with E-state index in [1.807, 2.05) is 30.3 Å². The average Bonchev–Trinajstić information content (AvgIpc) is 3.29. The standard InChI is InChI=1S/C16H20N4O2S2/c1-20(12-6-3-2-4-7-12)14(21)11-23-16-19-18-15(24-16)17-10-13-8-5-9-22-13/h2-4,6-7,13H,5,8-11H2,1H3,(H,17,18). The van der Waals surface area contributed by atoms with Gasteiger partial charge in [0.25, 0.3) is 0 Å². The summed E-state index contributed by atoms with van der Waals surface area (Å²) in [4.78, 5) is 13.9. The lowest BCUT2D eigenvalue weighted by molar-refractivity contribution is -0.115. The van der Waals surface area contributed by atoms with Crippen molar-refractivity contribution in [2.24, 2.45) is 0 Å². The van der Waals surface area contributed by atoms with Gasteiger partial charge in [0, 0.05) is 25.9 Å². The number of nitrogens with zero attached hydrogens (tertiary/aromatic N) is 3. The number of thioether (sulfide) groups is 1. The number of benzene rings is 1. The molecule has 1 unspecified atom stereocenters. The van der Waals surface area contributed by atoms with E-state index in [2.05, 4.69) is 15.5 Å². The highest BCUT2D eigenvalue weighted by Crippen LogP contribution is 2.26. The maximum absolute atomic E-state index is 12.3. The van der Waals surface area contributed by atoms with Gasteiger partial charge in [0.15, 0.2) is 4.34 Å². The Morgan fingerprint density at radius 1 is 1.42 bits per heavy atom. The van der Waals surface area contributed by atoms with E-state index in [9.17, 15) is 4.79 Å². The normalized spacial score (nSPS) is 17.0. The SMILES string of the molecule is CN(C(=O)CSc1nnc(NCC2CCCO2)s1)c1ccccc1. The van der Waals surface area contributed by atoms with Gasteiger partial charge in [-0.05, 0) is 25.0 Å². The molecule has 1 aliphatic rings. The first-order chi connectivity index (χ1) is 11.7. The molecular weight excluding hydrogens is 344 g/mol. The highest BCUT2D eigenvalue weighted by Gasteiger charge is 2.16. The molecule has 6 nitrogen and oxygen atoms in total. The largest absolute Gasteiger partial charge is 0.376 e. The third-order valence-corrected chi connectivity index (χ3v) is 5.75. The Hall–Kier alpha value is -1.64. The smallest absolute Gasteiger partial charge is 0.237 e. The number of anilines is 2. The Morgan fingerprint density at radius 3 is 3.00 bits per heavy atom. The molecule has 1 N–H and O–H groups in total. The second-order valence-corrected chi connectivity index (χ2v) is 7.67. The van der Waals surface area contributed by atoms with Gasteiger partial charge in [-0.3, -0.25) is 4.79 Å². The van der Waals surface area contributed by atoms with Crippen molar-refractivity contribution >= 4 is 39.8 Å². The molecule has 0 bridgehead atoms. The van der Waals surface area contributed by atoms with E-state index in [0.717, 1.165) is 41.2 Å². The molecule has 1 fully saturated rings. The number of aromatic nitrogens is 2. The van der Waals surface area contributed by atoms with Gasteiger partial charge in [-0.25, -0.2) is 0 Å². The van der Waals surface area contributed by atoms with Crippen LogP contribution >= 0.6 is 23.1 Å². The zero-order chi connectivity index (χ0) is 16.8. The van der Waals surface area contributed by atoms with Crippen LogP contribution in [0.15, 0.2) is 34.7 Å². The molecule has 1 saturated heterocycles. The molecule has 1 aliphatic heterocycles. The van der Waals surface area contributed by atoms with Crippen molar-refractivity contribution in [3.05, 3.63) is 30.3 Å². The first kappa shape index (κ1) is 17.2. The van der Waals surface area contributed by atoms with Crippen LogP contribution in [0.2, 0.25) is 0 Å². The minimum Gasteiger partial charge on any atom is -0.376 e. The Balaban J connectivity index is 1.45. The number of carbonyl (C=O) groups excluding carboxylic acids is 1. The van der Waals surface area contributed by atoms with Gasteiger partial charge >= 0.3 is 0 Å². The molecule has 128 valence electrons. The topological polar surface area (TPSA) is 67.4 Å². The van der Waals surface area contributed by atoms with Gasteiger partial charge in [0.05, 0.1) is 11.9 Å². The molecular formula is C16H20N4O2S2. The van der Waals surface area contributed by atoms with Crippen LogP contribution in [0.25, 0.3) is 0 Å². The summed E-state index contributed by atoms with van der Waals surface area (Å²) in [5.41, 5.74) is 0.888. The van der Waals surface area contributed by atoms with Crippen molar-refractivity contribution in [1.29, 1.82) is 0 Å². The van der Waals surface area contributed by atoms with Crippen LogP contribution in [0, 0.1) is 0 Å². The predicted octanol–water partition coefficient (Wildman–Crippen LogP) is 2.88. The maximum atomic E-state index is 12.3. The van der Waals surface area contributed by atoms with Crippen molar-refractivity contribution < 1.29 is 9.53 Å². The number of para-hydroxylation sites is 1. The fourth-order valence-corrected chi connectivity index (χ4v) is 4.03. The van der Waals surface area contributed by atoms with Crippen LogP contribution in [0.3, 0.4) is 0 Å². The molecule has 1 amide bonds. The van der Waals surface area contributed by atoms with Crippen molar-refractivity contribution in [2.75, 3.05) is 36.2 Å². The number of ether oxygens (including phenoxy) is 1. The van der Waals surface area contributed by atoms with E-state index in [4.69, 9.17) is 4.74 Å². The molecule has 0 radical (unpaired) electrons. The summed E-state index contributed by atoms with van der Waals surface area (Å²) in [6, 6.07) is 9.61. The molecule has 8 heteroatoms. The molecule has 0 spiro atoms. The summed E-state index contributed by atoms with van der Waals surface area (Å²) < 4.78 is 6.36. The number of hydrogen-bond acceptors (Lipinski definition) is 7. The quantitative estimate of drug-likeness (QED) is 0.762. The molecule has 0 aliphatic carbocycles. The highest BCUT2D eigenvalue weighted by molar-refractivity contribution is 8.01. The summed E-state index contributed by atoms with van der Waals surface area (Å²) in [7, 11) is 1.78. The van der Waals surface area contributed by atoms with Gasteiger partial charge in [0.1, 0.15) is 0 Å². The Labute approximate surface area is 149 Å². The molecule has 2 aromatic rings. The van der Waals surface area contributed by atoms with Crippen LogP contribution in [0.4, 0.5) is 10.8 Å². The molecule has 24 heavy (non-hydrogen) atoms. The van der Waals surface area contributed by atoms with E-state index >= 15 is 0 Å². The van der Waals surface area contributed by atoms with E-state index in [0.29, 0.717) is 5.75 Å². The van der Waals surface area contributed by atoms with Crippen LogP contribution < -0.4 is 10.2 Å². The number of rotatable bonds is 7. The summed E-state index contributed by atoms with van der Waals surface area (Å²) in [6.07, 6.45) is 2.49. The molecule has 0 saturated carbocycles. The minimum absolute atomic E-state index is 0.0373. The number of carbonyl (C=O) groups is 1. The molecule has 1 aromatic carbocycles. The highest BCUT2D eigenvalue weighted by atomic mass is 32.2. The van der Waals surface area contributed by atoms with E-state index in [1.54, 1.807) is 11.9 Å². The zero-order valence-electron chi connectivity index (χ0n) is 13.5. The number of amides is 1. The van der Waals surface area contributed by atoms with Crippen molar-refractivity contribution in [3.63, 3.8) is 0 Å². The third kappa shape index (κ3) is 4.68. The van der Waals surface area contributed by atoms with Crippen LogP contribution in [0.1, 0.15) is 12.8 Å². The summed E-state index contributed by atoms with van der Waals surface area (Å²) in [6.45, 7) is 1.61. The lowest BCUT2D eigenvalue weighted by Crippen LogP contribution is -2.27. The molecule has 2 heterocycles. The molecule has 3 rings (SSSR count). The lowest BCUT2D eigenvalue weighted by Gasteiger charge is -2.16. The monoisotopic (exact) mass is 364 g/mol. The Kier molecular flexibility index (Phi) is 6.06. The number of hydrogen-bond donors (Lipinski definition) is 1. The Morgan fingerprint density at radius 2 is 2.25 bits per heavy atom. The van der Waals surface area contributed by atoms with Gasteiger partial charge < -0.3 is 15.0 Å². The summed E-state index contributed by atoms with van der Waals surface area (Å²) in [5.74, 6) is 0.376. The number of nitrogens with one attached hydrogen (secondary N) is 1. The zero-order valence-corrected chi connectivity index (χ0v) is 15.1. The second kappa shape index (κ2) is 8.46. The van der Waals surface area contributed by atoms with Gasteiger partial charge in [0.2, 0.25) is 11.0 Å². The molecule has 1 aromatic heterocycles. The minimum atomic E-state index is 0.0373. The van der Waals surface area contributed by atoms with Gasteiger partial charge in [-0.2, -0.15) is 0 Å². The molecule has 1 atom stereocenters. The summed E-state index contributed by atoms with van der Waals surface area (Å²) in [5, 5.41) is 12.3. The van der Waals surface area contributed by atoms with Crippen molar-refractivity contribution in [1.82, 2.24) is 10.2 Å². The predicted molar refractivity (Wildman–Crippen MR) is 97.9 cm³/mol. The van der Waals surface area contributed by atoms with Crippen molar-refractivity contribution in [2.45, 2.75) is 23.3 Å². The lowest BCUT2D eigenvalue weighted by atomic mass is 10.2. The average molecular weight is 364 g/mol. The van der Waals surface area contributed by atoms with Gasteiger partial charge in [-0.15, -0.1) is 10.2 Å². The van der Waals surface area contributed by atoms with Crippen LogP contribution in [0.5, 0.6) is 0 Å². The van der Waals surface area contributed by atoms with E-state index in [-0.39, 0.29) is 12.0 Å². The van der Waals surface area contributed by atoms with Crippen molar-refractivity contribution in [3.8, 4) is 0 Å². The first-order valence-corrected chi connectivity index (χ1v) is 9.66. The second-order valence-electron chi connectivity index (χ2n) is 5.47. The van der Waals surface area contributed by atoms with Crippen LogP contribution in [-0.4, -0.2) is 48.2 Å². The maximum Gasteiger partial charge on any atom is 0.237 e.